The van der Waals surface area contributed by atoms with Crippen molar-refractivity contribution in [3.63, 3.8) is 0 Å². The Hall–Kier alpha value is -1.86. The van der Waals surface area contributed by atoms with E-state index in [4.69, 9.17) is 4.74 Å². The van der Waals surface area contributed by atoms with E-state index in [9.17, 15) is 0 Å². The standard InChI is InChI=1S/C15H16N4OS2/c1-3-14-17-11(8-21-14)9-22-15-18-16-10-19(15)12-5-4-6-13(7-12)20-2/h4-8,10H,3,9H2,1-2H3. The fourth-order valence-electron chi connectivity index (χ4n) is 1.98. The van der Waals surface area contributed by atoms with Gasteiger partial charge in [0, 0.05) is 17.2 Å². The van der Waals surface area contributed by atoms with Crippen molar-refractivity contribution in [2.75, 3.05) is 7.11 Å². The summed E-state index contributed by atoms with van der Waals surface area (Å²) in [7, 11) is 1.66. The summed E-state index contributed by atoms with van der Waals surface area (Å²) in [5.74, 6) is 1.60. The molecule has 0 amide bonds. The molecule has 0 unspecified atom stereocenters. The van der Waals surface area contributed by atoms with Gasteiger partial charge in [0.25, 0.3) is 0 Å². The van der Waals surface area contributed by atoms with Crippen LogP contribution in [0, 0.1) is 0 Å². The maximum atomic E-state index is 5.27. The van der Waals surface area contributed by atoms with Crippen LogP contribution in [0.4, 0.5) is 0 Å². The third kappa shape index (κ3) is 3.31. The zero-order chi connectivity index (χ0) is 15.4. The molecule has 5 nitrogen and oxygen atoms in total. The van der Waals surface area contributed by atoms with Crippen molar-refractivity contribution < 1.29 is 4.74 Å². The van der Waals surface area contributed by atoms with Crippen LogP contribution in [0.25, 0.3) is 5.69 Å². The first kappa shape index (κ1) is 15.1. The van der Waals surface area contributed by atoms with Gasteiger partial charge < -0.3 is 4.74 Å². The third-order valence-electron chi connectivity index (χ3n) is 3.10. The molecule has 2 aromatic heterocycles. The summed E-state index contributed by atoms with van der Waals surface area (Å²) in [6.45, 7) is 2.12. The molecular weight excluding hydrogens is 316 g/mol. The lowest BCUT2D eigenvalue weighted by Crippen LogP contribution is -1.96. The average Bonchev–Trinajstić information content (AvgIpc) is 3.21. The molecule has 114 valence electrons. The number of hydrogen-bond acceptors (Lipinski definition) is 6. The van der Waals surface area contributed by atoms with Gasteiger partial charge in [-0.25, -0.2) is 4.98 Å². The van der Waals surface area contributed by atoms with Gasteiger partial charge in [0.05, 0.1) is 23.5 Å². The topological polar surface area (TPSA) is 52.8 Å². The molecule has 0 aliphatic heterocycles. The first-order valence-corrected chi connectivity index (χ1v) is 8.77. The number of hydrogen-bond donors (Lipinski definition) is 0. The SMILES string of the molecule is CCc1nc(CSc2nncn2-c2cccc(OC)c2)cs1. The first-order valence-electron chi connectivity index (χ1n) is 6.90. The molecule has 0 saturated heterocycles. The molecule has 0 aliphatic rings. The number of rotatable bonds is 6. The average molecular weight is 332 g/mol. The van der Waals surface area contributed by atoms with Gasteiger partial charge in [-0.2, -0.15) is 0 Å². The molecule has 0 radical (unpaired) electrons. The molecule has 2 heterocycles. The number of ether oxygens (including phenoxy) is 1. The highest BCUT2D eigenvalue weighted by Crippen LogP contribution is 2.25. The second kappa shape index (κ2) is 6.93. The number of aryl methyl sites for hydroxylation is 1. The zero-order valence-corrected chi connectivity index (χ0v) is 14.0. The lowest BCUT2D eigenvalue weighted by molar-refractivity contribution is 0.414. The summed E-state index contributed by atoms with van der Waals surface area (Å²) in [6, 6.07) is 7.85. The number of thiazole rings is 1. The molecule has 0 bridgehead atoms. The molecule has 0 fully saturated rings. The lowest BCUT2D eigenvalue weighted by Gasteiger charge is -2.07. The number of aromatic nitrogens is 4. The molecular formula is C15H16N4OS2. The zero-order valence-electron chi connectivity index (χ0n) is 12.4. The van der Waals surface area contributed by atoms with E-state index >= 15 is 0 Å². The van der Waals surface area contributed by atoms with E-state index in [1.54, 1.807) is 36.5 Å². The van der Waals surface area contributed by atoms with Crippen LogP contribution in [0.3, 0.4) is 0 Å². The van der Waals surface area contributed by atoms with Crippen LogP contribution in [0.1, 0.15) is 17.6 Å². The van der Waals surface area contributed by atoms with E-state index in [-0.39, 0.29) is 0 Å². The van der Waals surface area contributed by atoms with Crippen LogP contribution < -0.4 is 4.74 Å². The number of thioether (sulfide) groups is 1. The van der Waals surface area contributed by atoms with Gasteiger partial charge in [0.1, 0.15) is 12.1 Å². The van der Waals surface area contributed by atoms with E-state index in [1.165, 1.54) is 5.01 Å². The minimum absolute atomic E-state index is 0.791. The Morgan fingerprint density at radius 2 is 2.27 bits per heavy atom. The molecule has 0 spiro atoms. The van der Waals surface area contributed by atoms with Crippen molar-refractivity contribution in [2.45, 2.75) is 24.3 Å². The molecule has 0 atom stereocenters. The Morgan fingerprint density at radius 3 is 3.05 bits per heavy atom. The maximum Gasteiger partial charge on any atom is 0.195 e. The third-order valence-corrected chi connectivity index (χ3v) is 5.12. The van der Waals surface area contributed by atoms with Crippen molar-refractivity contribution in [1.29, 1.82) is 0 Å². The molecule has 3 rings (SSSR count). The molecule has 7 heteroatoms. The van der Waals surface area contributed by atoms with Crippen LogP contribution in [0.15, 0.2) is 41.1 Å². The van der Waals surface area contributed by atoms with Gasteiger partial charge in [-0.1, -0.05) is 24.8 Å². The van der Waals surface area contributed by atoms with Gasteiger partial charge >= 0.3 is 0 Å². The normalized spacial score (nSPS) is 10.8. The van der Waals surface area contributed by atoms with Gasteiger partial charge in [-0.05, 0) is 18.6 Å². The van der Waals surface area contributed by atoms with E-state index in [0.29, 0.717) is 0 Å². The summed E-state index contributed by atoms with van der Waals surface area (Å²) < 4.78 is 7.23. The van der Waals surface area contributed by atoms with Crippen molar-refractivity contribution >= 4 is 23.1 Å². The van der Waals surface area contributed by atoms with Gasteiger partial charge in [0.15, 0.2) is 5.16 Å². The van der Waals surface area contributed by atoms with Crippen molar-refractivity contribution in [2.24, 2.45) is 0 Å². The fourth-order valence-corrected chi connectivity index (χ4v) is 3.65. The maximum absolute atomic E-state index is 5.27. The second-order valence-corrected chi connectivity index (χ2v) is 6.44. The Labute approximate surface area is 137 Å². The quantitative estimate of drug-likeness (QED) is 0.646. The molecule has 3 aromatic rings. The summed E-state index contributed by atoms with van der Waals surface area (Å²) in [4.78, 5) is 4.58. The van der Waals surface area contributed by atoms with E-state index in [0.717, 1.165) is 34.5 Å². The smallest absolute Gasteiger partial charge is 0.195 e. The van der Waals surface area contributed by atoms with E-state index in [1.807, 2.05) is 28.8 Å². The summed E-state index contributed by atoms with van der Waals surface area (Å²) in [5, 5.41) is 12.3. The van der Waals surface area contributed by atoms with Crippen LogP contribution in [0.5, 0.6) is 5.75 Å². The molecule has 0 saturated carbocycles. The highest BCUT2D eigenvalue weighted by molar-refractivity contribution is 7.98. The van der Waals surface area contributed by atoms with Crippen LogP contribution >= 0.6 is 23.1 Å². The number of benzene rings is 1. The molecule has 0 aliphatic carbocycles. The van der Waals surface area contributed by atoms with Crippen LogP contribution in [0.2, 0.25) is 0 Å². The van der Waals surface area contributed by atoms with Gasteiger partial charge in [-0.3, -0.25) is 4.57 Å². The monoisotopic (exact) mass is 332 g/mol. The highest BCUT2D eigenvalue weighted by atomic mass is 32.2. The highest BCUT2D eigenvalue weighted by Gasteiger charge is 2.09. The Balaban J connectivity index is 1.76. The Morgan fingerprint density at radius 1 is 1.36 bits per heavy atom. The molecule has 0 N–H and O–H groups in total. The fraction of sp³-hybridized carbons (Fsp3) is 0.267. The number of methoxy groups -OCH3 is 1. The Bertz CT molecular complexity index is 753. The summed E-state index contributed by atoms with van der Waals surface area (Å²) in [6.07, 6.45) is 2.70. The van der Waals surface area contributed by atoms with Crippen LogP contribution in [-0.2, 0) is 12.2 Å². The van der Waals surface area contributed by atoms with Crippen molar-refractivity contribution in [3.8, 4) is 11.4 Å². The molecule has 1 aromatic carbocycles. The van der Waals surface area contributed by atoms with E-state index < -0.39 is 0 Å². The first-order chi connectivity index (χ1) is 10.8. The predicted molar refractivity (Wildman–Crippen MR) is 89.0 cm³/mol. The lowest BCUT2D eigenvalue weighted by atomic mass is 10.3. The molecule has 22 heavy (non-hydrogen) atoms. The summed E-state index contributed by atoms with van der Waals surface area (Å²) >= 11 is 3.34. The summed E-state index contributed by atoms with van der Waals surface area (Å²) in [5.41, 5.74) is 2.08. The van der Waals surface area contributed by atoms with Crippen molar-refractivity contribution in [1.82, 2.24) is 19.7 Å². The Kier molecular flexibility index (Phi) is 4.74. The largest absolute Gasteiger partial charge is 0.497 e. The van der Waals surface area contributed by atoms with Gasteiger partial charge in [-0.15, -0.1) is 21.5 Å². The second-order valence-electron chi connectivity index (χ2n) is 4.56. The van der Waals surface area contributed by atoms with Gasteiger partial charge in [0.2, 0.25) is 0 Å². The van der Waals surface area contributed by atoms with Crippen LogP contribution in [-0.4, -0.2) is 26.9 Å². The minimum atomic E-state index is 0.791. The predicted octanol–water partition coefficient (Wildman–Crippen LogP) is 3.59. The van der Waals surface area contributed by atoms with E-state index in [2.05, 4.69) is 27.5 Å². The number of nitrogens with zero attached hydrogens (tertiary/aromatic N) is 4. The minimum Gasteiger partial charge on any atom is -0.497 e. The van der Waals surface area contributed by atoms with Crippen molar-refractivity contribution in [3.05, 3.63) is 46.7 Å².